The molecule has 0 radical (unpaired) electrons. The van der Waals surface area contributed by atoms with Gasteiger partial charge in [0.1, 0.15) is 5.82 Å². The predicted octanol–water partition coefficient (Wildman–Crippen LogP) is 2.57. The van der Waals surface area contributed by atoms with E-state index < -0.39 is 0 Å². The molecule has 5 nitrogen and oxygen atoms in total. The Morgan fingerprint density at radius 2 is 2.21 bits per heavy atom. The van der Waals surface area contributed by atoms with E-state index in [2.05, 4.69) is 15.6 Å². The van der Waals surface area contributed by atoms with Gasteiger partial charge in [-0.05, 0) is 42.9 Å². The molecule has 1 fully saturated rings. The highest BCUT2D eigenvalue weighted by Gasteiger charge is 2.36. The minimum absolute atomic E-state index is 0.277. The molecule has 1 aromatic rings. The third-order valence-electron chi connectivity index (χ3n) is 4.73. The highest BCUT2D eigenvalue weighted by atomic mass is 19.1. The zero-order valence-corrected chi connectivity index (χ0v) is 14.4. The first kappa shape index (κ1) is 18.2. The van der Waals surface area contributed by atoms with Gasteiger partial charge in [-0.1, -0.05) is 6.42 Å². The lowest BCUT2D eigenvalue weighted by atomic mass is 9.67. The highest BCUT2D eigenvalue weighted by molar-refractivity contribution is 5.79. The molecule has 1 aliphatic carbocycles. The van der Waals surface area contributed by atoms with E-state index in [0.29, 0.717) is 17.1 Å². The maximum absolute atomic E-state index is 13.8. The number of nitrogens with zero attached hydrogens (tertiary/aromatic N) is 2. The van der Waals surface area contributed by atoms with Gasteiger partial charge in [-0.2, -0.15) is 5.26 Å². The number of guanidine groups is 1. The molecule has 1 aliphatic rings. The van der Waals surface area contributed by atoms with E-state index in [9.17, 15) is 4.39 Å². The van der Waals surface area contributed by atoms with Gasteiger partial charge in [-0.25, -0.2) is 4.39 Å². The highest BCUT2D eigenvalue weighted by Crippen LogP contribution is 2.43. The van der Waals surface area contributed by atoms with Crippen LogP contribution in [0, 0.1) is 22.6 Å². The van der Waals surface area contributed by atoms with Crippen LogP contribution in [0.2, 0.25) is 0 Å². The summed E-state index contributed by atoms with van der Waals surface area (Å²) in [6.07, 6.45) is 4.67. The van der Waals surface area contributed by atoms with Gasteiger partial charge in [0.25, 0.3) is 0 Å². The SMILES string of the molecule is CN=C(NCc1cc(C#N)ccc1F)NCC1(CCOC)CCC1. The predicted molar refractivity (Wildman–Crippen MR) is 92.1 cm³/mol. The van der Waals surface area contributed by atoms with Gasteiger partial charge in [0, 0.05) is 39.4 Å². The molecule has 130 valence electrons. The Hall–Kier alpha value is -2.13. The first-order valence-electron chi connectivity index (χ1n) is 8.24. The standard InChI is InChI=1S/C18H25FN4O/c1-21-17(23-13-18(6-3-7-18)8-9-24-2)22-12-15-10-14(11-20)4-5-16(15)19/h4-5,10H,3,6-9,12-13H2,1-2H3,(H2,21,22,23). The van der Waals surface area contributed by atoms with Gasteiger partial charge in [-0.3, -0.25) is 4.99 Å². The van der Waals surface area contributed by atoms with Crippen LogP contribution in [0.5, 0.6) is 0 Å². The minimum Gasteiger partial charge on any atom is -0.385 e. The summed E-state index contributed by atoms with van der Waals surface area (Å²) in [6.45, 7) is 1.88. The molecule has 1 saturated carbocycles. The molecule has 0 bridgehead atoms. The van der Waals surface area contributed by atoms with E-state index in [1.54, 1.807) is 20.2 Å². The first-order chi connectivity index (χ1) is 11.6. The second kappa shape index (κ2) is 8.65. The van der Waals surface area contributed by atoms with Crippen LogP contribution >= 0.6 is 0 Å². The van der Waals surface area contributed by atoms with Crippen LogP contribution in [-0.4, -0.2) is 33.3 Å². The first-order valence-corrected chi connectivity index (χ1v) is 8.24. The molecule has 1 aromatic carbocycles. The Morgan fingerprint density at radius 3 is 2.79 bits per heavy atom. The number of halogens is 1. The van der Waals surface area contributed by atoms with Gasteiger partial charge in [0.2, 0.25) is 0 Å². The van der Waals surface area contributed by atoms with Crippen LogP contribution in [0.1, 0.15) is 36.8 Å². The van der Waals surface area contributed by atoms with E-state index in [4.69, 9.17) is 10.00 Å². The summed E-state index contributed by atoms with van der Waals surface area (Å²) < 4.78 is 19.0. The van der Waals surface area contributed by atoms with E-state index in [0.717, 1.165) is 19.6 Å². The van der Waals surface area contributed by atoms with Crippen molar-refractivity contribution in [2.45, 2.75) is 32.2 Å². The molecule has 6 heteroatoms. The van der Waals surface area contributed by atoms with Crippen LogP contribution in [0.25, 0.3) is 0 Å². The van der Waals surface area contributed by atoms with Crippen molar-refractivity contribution in [1.82, 2.24) is 10.6 Å². The Bertz CT molecular complexity index is 620. The maximum Gasteiger partial charge on any atom is 0.191 e. The molecule has 0 heterocycles. The van der Waals surface area contributed by atoms with Crippen molar-refractivity contribution >= 4 is 5.96 Å². The summed E-state index contributed by atoms with van der Waals surface area (Å²) in [7, 11) is 3.42. The average Bonchev–Trinajstić information content (AvgIpc) is 2.57. The summed E-state index contributed by atoms with van der Waals surface area (Å²) >= 11 is 0. The summed E-state index contributed by atoms with van der Waals surface area (Å²) in [5, 5.41) is 15.4. The number of aliphatic imine (C=N–C) groups is 1. The second-order valence-corrected chi connectivity index (χ2v) is 6.29. The fourth-order valence-electron chi connectivity index (χ4n) is 2.96. The maximum atomic E-state index is 13.8. The molecule has 0 saturated heterocycles. The Morgan fingerprint density at radius 1 is 1.42 bits per heavy atom. The summed E-state index contributed by atoms with van der Waals surface area (Å²) in [4.78, 5) is 4.19. The van der Waals surface area contributed by atoms with Gasteiger partial charge in [0.05, 0.1) is 11.6 Å². The monoisotopic (exact) mass is 332 g/mol. The third kappa shape index (κ3) is 4.68. The summed E-state index contributed by atoms with van der Waals surface area (Å²) in [5.41, 5.74) is 1.18. The molecule has 2 N–H and O–H groups in total. The van der Waals surface area contributed by atoms with E-state index >= 15 is 0 Å². The quantitative estimate of drug-likeness (QED) is 0.595. The zero-order valence-electron chi connectivity index (χ0n) is 14.4. The Balaban J connectivity index is 1.88. The van der Waals surface area contributed by atoms with Crippen molar-refractivity contribution in [2.24, 2.45) is 10.4 Å². The fourth-order valence-corrected chi connectivity index (χ4v) is 2.96. The third-order valence-corrected chi connectivity index (χ3v) is 4.73. The normalized spacial score (nSPS) is 16.2. The molecular formula is C18H25FN4O. The summed E-state index contributed by atoms with van der Waals surface area (Å²) in [5.74, 6) is 0.313. The number of methoxy groups -OCH3 is 1. The smallest absolute Gasteiger partial charge is 0.191 e. The molecule has 2 rings (SSSR count). The van der Waals surface area contributed by atoms with Gasteiger partial charge < -0.3 is 15.4 Å². The van der Waals surface area contributed by atoms with E-state index in [-0.39, 0.29) is 17.8 Å². The van der Waals surface area contributed by atoms with Crippen LogP contribution < -0.4 is 10.6 Å². The lowest BCUT2D eigenvalue weighted by Crippen LogP contribution is -2.46. The zero-order chi connectivity index (χ0) is 17.4. The topological polar surface area (TPSA) is 69.4 Å². The number of nitriles is 1. The molecule has 0 aliphatic heterocycles. The minimum atomic E-state index is -0.326. The van der Waals surface area contributed by atoms with Crippen LogP contribution in [0.3, 0.4) is 0 Å². The molecule has 24 heavy (non-hydrogen) atoms. The van der Waals surface area contributed by atoms with Gasteiger partial charge in [-0.15, -0.1) is 0 Å². The molecule has 0 amide bonds. The number of rotatable bonds is 7. The van der Waals surface area contributed by atoms with Gasteiger partial charge in [0.15, 0.2) is 5.96 Å². The second-order valence-electron chi connectivity index (χ2n) is 6.29. The number of hydrogen-bond donors (Lipinski definition) is 2. The van der Waals surface area contributed by atoms with Crippen LogP contribution in [0.15, 0.2) is 23.2 Å². The molecule has 0 atom stereocenters. The van der Waals surface area contributed by atoms with Crippen LogP contribution in [0.4, 0.5) is 4.39 Å². The fraction of sp³-hybridized carbons (Fsp3) is 0.556. The van der Waals surface area contributed by atoms with Crippen molar-refractivity contribution in [3.8, 4) is 6.07 Å². The number of nitrogens with one attached hydrogen (secondary N) is 2. The van der Waals surface area contributed by atoms with Gasteiger partial charge >= 0.3 is 0 Å². The molecule has 0 unspecified atom stereocenters. The number of benzene rings is 1. The molecule has 0 aromatic heterocycles. The lowest BCUT2D eigenvalue weighted by molar-refractivity contribution is 0.0732. The Kier molecular flexibility index (Phi) is 6.56. The van der Waals surface area contributed by atoms with Crippen molar-refractivity contribution in [1.29, 1.82) is 5.26 Å². The van der Waals surface area contributed by atoms with Crippen molar-refractivity contribution in [2.75, 3.05) is 27.3 Å². The van der Waals surface area contributed by atoms with E-state index in [1.807, 2.05) is 6.07 Å². The van der Waals surface area contributed by atoms with Crippen molar-refractivity contribution in [3.05, 3.63) is 35.1 Å². The van der Waals surface area contributed by atoms with Crippen molar-refractivity contribution in [3.63, 3.8) is 0 Å². The van der Waals surface area contributed by atoms with E-state index in [1.165, 1.54) is 31.4 Å². The number of hydrogen-bond acceptors (Lipinski definition) is 3. The van der Waals surface area contributed by atoms with Crippen molar-refractivity contribution < 1.29 is 9.13 Å². The number of ether oxygens (including phenoxy) is 1. The largest absolute Gasteiger partial charge is 0.385 e. The average molecular weight is 332 g/mol. The molecule has 0 spiro atoms. The Labute approximate surface area is 142 Å². The molecular weight excluding hydrogens is 307 g/mol. The summed E-state index contributed by atoms with van der Waals surface area (Å²) in [6, 6.07) is 6.37. The lowest BCUT2D eigenvalue weighted by Gasteiger charge is -2.42. The van der Waals surface area contributed by atoms with Crippen LogP contribution in [-0.2, 0) is 11.3 Å².